The number of hydrogen-bond acceptors (Lipinski definition) is 4. The lowest BCUT2D eigenvalue weighted by molar-refractivity contribution is -0.0490. The summed E-state index contributed by atoms with van der Waals surface area (Å²) in [5, 5.41) is 0. The van der Waals surface area contributed by atoms with Crippen molar-refractivity contribution in [3.8, 4) is 0 Å². The maximum absolute atomic E-state index is 5.88. The van der Waals surface area contributed by atoms with Gasteiger partial charge in [0.15, 0.2) is 0 Å². The molecule has 0 rings (SSSR count). The average molecular weight is 236 g/mol. The predicted molar refractivity (Wildman–Crippen MR) is 61.3 cm³/mol. The van der Waals surface area contributed by atoms with Crippen LogP contribution in [0.25, 0.3) is 0 Å². The van der Waals surface area contributed by atoms with Crippen molar-refractivity contribution in [3.05, 3.63) is 0 Å². The van der Waals surface area contributed by atoms with Crippen LogP contribution in [-0.4, -0.2) is 36.5 Å². The van der Waals surface area contributed by atoms with E-state index in [4.69, 9.17) is 17.7 Å². The van der Waals surface area contributed by atoms with Crippen LogP contribution in [0.4, 0.5) is 0 Å². The zero-order chi connectivity index (χ0) is 12.1. The van der Waals surface area contributed by atoms with E-state index in [9.17, 15) is 0 Å². The average Bonchev–Trinajstić information content (AvgIpc) is 2.20. The van der Waals surface area contributed by atoms with Gasteiger partial charge in [-0.15, -0.1) is 0 Å². The van der Waals surface area contributed by atoms with Gasteiger partial charge in [0.2, 0.25) is 0 Å². The molecule has 0 atom stereocenters. The summed E-state index contributed by atoms with van der Waals surface area (Å²) in [6, 6.07) is 0. The normalized spacial score (nSPS) is 13.2. The fourth-order valence-corrected chi connectivity index (χ4v) is 3.27. The second-order valence-corrected chi connectivity index (χ2v) is 6.64. The highest BCUT2D eigenvalue weighted by Gasteiger charge is 2.45. The Hall–Kier alpha value is 0.0569. The zero-order valence-corrected chi connectivity index (χ0v) is 11.9. The molecule has 0 spiro atoms. The van der Waals surface area contributed by atoms with Crippen LogP contribution >= 0.6 is 0 Å². The van der Waals surface area contributed by atoms with Crippen molar-refractivity contribution in [1.29, 1.82) is 0 Å². The third-order valence-electron chi connectivity index (χ3n) is 2.34. The minimum Gasteiger partial charge on any atom is -0.355 e. The van der Waals surface area contributed by atoms with Crippen LogP contribution in [0.2, 0.25) is 0 Å². The van der Waals surface area contributed by atoms with Gasteiger partial charge in [0.05, 0.1) is 6.10 Å². The Bertz CT molecular complexity index is 153. The highest BCUT2D eigenvalue weighted by Crippen LogP contribution is 2.22. The van der Waals surface area contributed by atoms with Crippen LogP contribution in [-0.2, 0) is 17.7 Å². The van der Waals surface area contributed by atoms with E-state index in [1.54, 1.807) is 21.3 Å². The number of hydrogen-bond donors (Lipinski definition) is 0. The first kappa shape index (κ1) is 15.1. The van der Waals surface area contributed by atoms with Gasteiger partial charge in [-0.2, -0.15) is 0 Å². The Balaban J connectivity index is 4.61. The van der Waals surface area contributed by atoms with Gasteiger partial charge < -0.3 is 17.7 Å². The van der Waals surface area contributed by atoms with Crippen LogP contribution in [0, 0.1) is 11.8 Å². The maximum atomic E-state index is 5.88. The molecule has 0 N–H and O–H groups in total. The monoisotopic (exact) mass is 236 g/mol. The van der Waals surface area contributed by atoms with Crippen LogP contribution in [0.15, 0.2) is 0 Å². The van der Waals surface area contributed by atoms with E-state index >= 15 is 0 Å². The zero-order valence-electron chi connectivity index (χ0n) is 10.9. The van der Waals surface area contributed by atoms with Gasteiger partial charge in [0.25, 0.3) is 0 Å². The van der Waals surface area contributed by atoms with Crippen LogP contribution in [0.3, 0.4) is 0 Å². The summed E-state index contributed by atoms with van der Waals surface area (Å²) in [5.41, 5.74) is 0. The van der Waals surface area contributed by atoms with E-state index in [0.29, 0.717) is 11.8 Å². The van der Waals surface area contributed by atoms with Gasteiger partial charge in [-0.05, 0) is 11.8 Å². The first-order valence-corrected chi connectivity index (χ1v) is 6.89. The third kappa shape index (κ3) is 4.20. The molecule has 0 aromatic rings. The summed E-state index contributed by atoms with van der Waals surface area (Å²) in [6.45, 7) is 8.46. The van der Waals surface area contributed by atoms with Crippen molar-refractivity contribution in [1.82, 2.24) is 0 Å². The molecular formula is C10H24O4Si. The van der Waals surface area contributed by atoms with Crippen molar-refractivity contribution < 1.29 is 17.7 Å². The molecule has 0 saturated carbocycles. The SMILES string of the molecule is CO[Si](OC)(OC)OC(C(C)C)C(C)C. The van der Waals surface area contributed by atoms with Gasteiger partial charge in [-0.3, -0.25) is 0 Å². The predicted octanol–water partition coefficient (Wildman–Crippen LogP) is 2.06. The van der Waals surface area contributed by atoms with Gasteiger partial charge in [-0.25, -0.2) is 0 Å². The van der Waals surface area contributed by atoms with Crippen molar-refractivity contribution in [2.24, 2.45) is 11.8 Å². The highest BCUT2D eigenvalue weighted by atomic mass is 28.4. The van der Waals surface area contributed by atoms with Gasteiger partial charge in [0, 0.05) is 21.3 Å². The molecule has 0 unspecified atom stereocenters. The van der Waals surface area contributed by atoms with Crippen LogP contribution in [0.5, 0.6) is 0 Å². The van der Waals surface area contributed by atoms with E-state index in [-0.39, 0.29) is 6.10 Å². The molecule has 0 bridgehead atoms. The summed E-state index contributed by atoms with van der Waals surface area (Å²) in [6.07, 6.45) is 0.0801. The lowest BCUT2D eigenvalue weighted by atomic mass is 9.97. The van der Waals surface area contributed by atoms with Crippen molar-refractivity contribution in [2.75, 3.05) is 21.3 Å². The Morgan fingerprint density at radius 1 is 0.733 bits per heavy atom. The number of rotatable bonds is 7. The van der Waals surface area contributed by atoms with Crippen LogP contribution < -0.4 is 0 Å². The quantitative estimate of drug-likeness (QED) is 0.634. The summed E-state index contributed by atoms with van der Waals surface area (Å²) in [4.78, 5) is 0. The highest BCUT2D eigenvalue weighted by molar-refractivity contribution is 6.53. The van der Waals surface area contributed by atoms with E-state index in [0.717, 1.165) is 0 Å². The molecular weight excluding hydrogens is 212 g/mol. The van der Waals surface area contributed by atoms with E-state index in [1.165, 1.54) is 0 Å². The van der Waals surface area contributed by atoms with Gasteiger partial charge in [0.1, 0.15) is 0 Å². The summed E-state index contributed by atoms with van der Waals surface area (Å²) in [5.74, 6) is 0.801. The molecule has 0 heterocycles. The lowest BCUT2D eigenvalue weighted by Gasteiger charge is -2.32. The van der Waals surface area contributed by atoms with Gasteiger partial charge >= 0.3 is 9.05 Å². The fourth-order valence-electron chi connectivity index (χ4n) is 1.60. The van der Waals surface area contributed by atoms with Crippen LogP contribution in [0.1, 0.15) is 27.7 Å². The molecule has 0 fully saturated rings. The topological polar surface area (TPSA) is 36.9 Å². The Morgan fingerprint density at radius 2 is 1.07 bits per heavy atom. The molecule has 0 radical (unpaired) electrons. The second-order valence-electron chi connectivity index (χ2n) is 4.18. The molecule has 0 aromatic carbocycles. The Morgan fingerprint density at radius 3 is 1.27 bits per heavy atom. The summed E-state index contributed by atoms with van der Waals surface area (Å²) < 4.78 is 21.6. The standard InChI is InChI=1S/C10H24O4Si/c1-8(2)10(9(3)4)14-15(11-5,12-6)13-7/h8-10H,1-7H3. The second kappa shape index (κ2) is 6.60. The molecule has 0 aliphatic rings. The Labute approximate surface area is 94.4 Å². The molecule has 4 nitrogen and oxygen atoms in total. The molecule has 0 saturated heterocycles. The smallest absolute Gasteiger partial charge is 0.355 e. The molecule has 15 heavy (non-hydrogen) atoms. The molecule has 5 heteroatoms. The van der Waals surface area contributed by atoms with E-state index in [1.807, 2.05) is 0 Å². The largest absolute Gasteiger partial charge is 0.679 e. The summed E-state index contributed by atoms with van der Waals surface area (Å²) >= 11 is 0. The molecule has 0 aliphatic heterocycles. The van der Waals surface area contributed by atoms with Crippen molar-refractivity contribution in [2.45, 2.75) is 33.8 Å². The lowest BCUT2D eigenvalue weighted by Crippen LogP contribution is -2.51. The third-order valence-corrected chi connectivity index (χ3v) is 4.41. The van der Waals surface area contributed by atoms with Crippen molar-refractivity contribution in [3.63, 3.8) is 0 Å². The first-order chi connectivity index (χ1) is 6.92. The molecule has 0 aromatic heterocycles. The minimum absolute atomic E-state index is 0.0801. The molecule has 0 aliphatic carbocycles. The molecule has 0 amide bonds. The maximum Gasteiger partial charge on any atom is 0.679 e. The van der Waals surface area contributed by atoms with E-state index < -0.39 is 9.05 Å². The summed E-state index contributed by atoms with van der Waals surface area (Å²) in [7, 11) is 1.75. The van der Waals surface area contributed by atoms with E-state index in [2.05, 4.69) is 27.7 Å². The van der Waals surface area contributed by atoms with Gasteiger partial charge in [-0.1, -0.05) is 27.7 Å². The van der Waals surface area contributed by atoms with Crippen molar-refractivity contribution >= 4 is 9.05 Å². The first-order valence-electron chi connectivity index (χ1n) is 5.25. The molecule has 92 valence electrons. The minimum atomic E-state index is -2.91. The fraction of sp³-hybridized carbons (Fsp3) is 1.00. The Kier molecular flexibility index (Phi) is 6.62.